The van der Waals surface area contributed by atoms with Crippen LogP contribution in [0.2, 0.25) is 0 Å². The van der Waals surface area contributed by atoms with Gasteiger partial charge in [-0.25, -0.2) is 0 Å². The molecule has 0 N–H and O–H groups in total. The number of ether oxygens (including phenoxy) is 1. The van der Waals surface area contributed by atoms with E-state index in [1.165, 1.54) is 154 Å². The summed E-state index contributed by atoms with van der Waals surface area (Å²) in [6, 6.07) is 0. The molecule has 0 unspecified atom stereocenters. The molecular weight excluding hydrogens is 535 g/mol. The normalized spacial score (nSPS) is 10.6. The molecule has 0 bridgehead atoms. The summed E-state index contributed by atoms with van der Waals surface area (Å²) in [6.07, 6.45) is 37.2. The van der Waals surface area contributed by atoms with Crippen molar-refractivity contribution < 1.29 is 14.3 Å². The minimum atomic E-state index is -0.325. The summed E-state index contributed by atoms with van der Waals surface area (Å²) in [6.45, 7) is 4.55. The van der Waals surface area contributed by atoms with Crippen LogP contribution in [-0.2, 0) is 14.3 Å². The van der Waals surface area contributed by atoms with Gasteiger partial charge in [-0.2, -0.15) is 0 Å². The molecule has 0 spiro atoms. The van der Waals surface area contributed by atoms with Crippen LogP contribution in [0.5, 0.6) is 0 Å². The molecule has 0 aliphatic rings. The molecule has 0 atom stereocenters. The molecule has 0 fully saturated rings. The molecule has 0 saturated heterocycles. The Kier molecular flexibility index (Phi) is 47.5. The Balaban J connectivity index is -0.00000648. The predicted molar refractivity (Wildman–Crippen MR) is 175 cm³/mol. The average Bonchev–Trinajstić information content (AvgIpc) is 2.89. The van der Waals surface area contributed by atoms with Gasteiger partial charge in [-0.3, -0.25) is 9.59 Å². The van der Waals surface area contributed by atoms with E-state index in [1.807, 2.05) is 0 Å². The van der Waals surface area contributed by atoms with Gasteiger partial charge in [0.15, 0.2) is 0 Å². The Labute approximate surface area is 330 Å². The van der Waals surface area contributed by atoms with Gasteiger partial charge in [0.1, 0.15) is 0 Å². The van der Waals surface area contributed by atoms with E-state index < -0.39 is 0 Å². The molecule has 0 aromatic rings. The summed E-state index contributed by atoms with van der Waals surface area (Å²) in [5.41, 5.74) is 0. The van der Waals surface area contributed by atoms with Crippen molar-refractivity contribution in [3.8, 4) is 0 Å². The van der Waals surface area contributed by atoms with Crippen LogP contribution in [0.25, 0.3) is 0 Å². The molecule has 0 aliphatic carbocycles. The molecule has 39 heavy (non-hydrogen) atoms. The maximum absolute atomic E-state index is 11.9. The number of rotatable bonds is 30. The first kappa shape index (κ1) is 45.8. The Morgan fingerprint density at radius 1 is 0.333 bits per heavy atom. The van der Waals surface area contributed by atoms with Gasteiger partial charge in [0.2, 0.25) is 0 Å². The molecule has 0 aromatic heterocycles. The summed E-state index contributed by atoms with van der Waals surface area (Å²) >= 11 is 0. The van der Waals surface area contributed by atoms with E-state index in [1.54, 1.807) is 0 Å². The van der Waals surface area contributed by atoms with Gasteiger partial charge in [0.25, 0.3) is 0 Å². The molecule has 5 heteroatoms. The summed E-state index contributed by atoms with van der Waals surface area (Å²) in [5, 5.41) is 0. The first-order valence-electron chi connectivity index (χ1n) is 16.9. The monoisotopic (exact) mass is 602 g/mol. The van der Waals surface area contributed by atoms with Crippen LogP contribution in [-0.4, -0.2) is 115 Å². The number of carbonyl (C=O) groups excluding carboxylic acids is 2. The molecule has 0 aliphatic heterocycles. The molecule has 0 saturated carbocycles. The Bertz CT molecular complexity index is 485. The fourth-order valence-electron chi connectivity index (χ4n) is 5.16. The SMILES string of the molecule is CCCCCCCCCCCCCCCCCC(=O)OC(=O)CCCCCCCCCCCCCCC.[KH].[KH]. The van der Waals surface area contributed by atoms with Crippen molar-refractivity contribution in [3.63, 3.8) is 0 Å². The van der Waals surface area contributed by atoms with E-state index in [-0.39, 0.29) is 115 Å². The van der Waals surface area contributed by atoms with Crippen molar-refractivity contribution in [3.05, 3.63) is 0 Å². The molecule has 0 rings (SSSR count). The second-order valence-electron chi connectivity index (χ2n) is 11.5. The molecule has 0 heterocycles. The van der Waals surface area contributed by atoms with Gasteiger partial charge >= 0.3 is 115 Å². The van der Waals surface area contributed by atoms with E-state index in [4.69, 9.17) is 4.74 Å². The van der Waals surface area contributed by atoms with E-state index >= 15 is 0 Å². The number of hydrogen-bond acceptors (Lipinski definition) is 3. The Morgan fingerprint density at radius 2 is 0.513 bits per heavy atom. The van der Waals surface area contributed by atoms with Gasteiger partial charge in [-0.1, -0.05) is 181 Å². The van der Waals surface area contributed by atoms with Crippen molar-refractivity contribution in [1.29, 1.82) is 0 Å². The van der Waals surface area contributed by atoms with Crippen LogP contribution in [0.15, 0.2) is 0 Å². The number of carbonyl (C=O) groups is 2. The van der Waals surface area contributed by atoms with E-state index in [0.29, 0.717) is 12.8 Å². The third-order valence-electron chi connectivity index (χ3n) is 7.70. The number of hydrogen-bond donors (Lipinski definition) is 0. The van der Waals surface area contributed by atoms with Gasteiger partial charge in [-0.15, -0.1) is 0 Å². The quantitative estimate of drug-likeness (QED) is 0.0355. The van der Waals surface area contributed by atoms with E-state index in [2.05, 4.69) is 13.8 Å². The van der Waals surface area contributed by atoms with Gasteiger partial charge < -0.3 is 4.74 Å². The molecule has 3 nitrogen and oxygen atoms in total. The molecule has 224 valence electrons. The average molecular weight is 603 g/mol. The molecule has 0 radical (unpaired) electrons. The fraction of sp³-hybridized carbons (Fsp3) is 0.941. The molecule has 0 aromatic carbocycles. The third-order valence-corrected chi connectivity index (χ3v) is 7.70. The van der Waals surface area contributed by atoms with Crippen molar-refractivity contribution in [2.45, 2.75) is 206 Å². The van der Waals surface area contributed by atoms with E-state index in [9.17, 15) is 9.59 Å². The standard InChI is InChI=1S/C34H66O3.2K.2H/c1-3-5-7-9-11-13-15-17-18-20-22-24-26-28-30-32-34(36)37-33(35)31-29-27-25-23-21-19-16-14-12-10-8-6-4-2;;;;/h3-32H2,1-2H3;;;;. The van der Waals surface area contributed by atoms with Crippen LogP contribution >= 0.6 is 0 Å². The van der Waals surface area contributed by atoms with Crippen LogP contribution in [0.1, 0.15) is 206 Å². The zero-order valence-corrected chi connectivity index (χ0v) is 25.4. The van der Waals surface area contributed by atoms with Gasteiger partial charge in [0.05, 0.1) is 0 Å². The van der Waals surface area contributed by atoms with Gasteiger partial charge in [-0.05, 0) is 12.8 Å². The summed E-state index contributed by atoms with van der Waals surface area (Å²) in [4.78, 5) is 23.8. The topological polar surface area (TPSA) is 43.4 Å². The van der Waals surface area contributed by atoms with Gasteiger partial charge in [0, 0.05) is 12.8 Å². The second-order valence-corrected chi connectivity index (χ2v) is 11.5. The van der Waals surface area contributed by atoms with Crippen molar-refractivity contribution in [1.82, 2.24) is 0 Å². The molecular formula is C34H68K2O3. The Hall–Kier alpha value is 2.41. The van der Waals surface area contributed by atoms with Crippen molar-refractivity contribution in [2.75, 3.05) is 0 Å². The van der Waals surface area contributed by atoms with Crippen molar-refractivity contribution in [2.24, 2.45) is 0 Å². The summed E-state index contributed by atoms with van der Waals surface area (Å²) < 4.78 is 5.00. The summed E-state index contributed by atoms with van der Waals surface area (Å²) in [7, 11) is 0. The minimum absolute atomic E-state index is 0. The van der Waals surface area contributed by atoms with Crippen LogP contribution < -0.4 is 0 Å². The first-order valence-corrected chi connectivity index (χ1v) is 16.9. The second kappa shape index (κ2) is 40.4. The van der Waals surface area contributed by atoms with Crippen LogP contribution in [0.4, 0.5) is 0 Å². The van der Waals surface area contributed by atoms with Crippen LogP contribution in [0.3, 0.4) is 0 Å². The summed E-state index contributed by atoms with van der Waals surface area (Å²) in [5.74, 6) is -0.650. The zero-order chi connectivity index (χ0) is 27.1. The van der Waals surface area contributed by atoms with Crippen molar-refractivity contribution >= 4 is 115 Å². The Morgan fingerprint density at radius 3 is 0.718 bits per heavy atom. The third kappa shape index (κ3) is 40.4. The fourth-order valence-corrected chi connectivity index (χ4v) is 5.16. The first-order chi connectivity index (χ1) is 18.2. The zero-order valence-electron chi connectivity index (χ0n) is 25.4. The molecule has 0 amide bonds. The van der Waals surface area contributed by atoms with Crippen LogP contribution in [0, 0.1) is 0 Å². The number of unbranched alkanes of at least 4 members (excludes halogenated alkanes) is 26. The maximum atomic E-state index is 11.9. The predicted octanol–water partition coefficient (Wildman–Crippen LogP) is 10.5. The van der Waals surface area contributed by atoms with E-state index in [0.717, 1.165) is 25.7 Å². The number of esters is 2.